The van der Waals surface area contributed by atoms with Crippen LogP contribution in [0.25, 0.3) is 28.2 Å². The molecular weight excluding hydrogens is 372 g/mol. The summed E-state index contributed by atoms with van der Waals surface area (Å²) in [5.41, 5.74) is 13.1. The highest BCUT2D eigenvalue weighted by molar-refractivity contribution is 6.02. The normalized spacial score (nSPS) is 11.0. The minimum absolute atomic E-state index is 0.0751. The molecule has 0 bridgehead atoms. The molecule has 1 amide bonds. The number of methoxy groups -OCH3 is 1. The number of H-pyrrole nitrogens is 1. The average Bonchev–Trinajstić information content (AvgIpc) is 3.08. The van der Waals surface area contributed by atoms with E-state index >= 15 is 0 Å². The molecule has 2 aromatic carbocycles. The number of carbonyl (C=O) groups excluding carboxylic acids is 1. The molecule has 5 N–H and O–H groups in total. The number of nitrogens with zero attached hydrogens (tertiary/aromatic N) is 3. The number of nitrogens with one attached hydrogen (secondary N) is 1. The fourth-order valence-electron chi connectivity index (χ4n) is 3.17. The maximum absolute atomic E-state index is 12.7. The molecule has 0 aliphatic heterocycles. The Bertz CT molecular complexity index is 1290. The van der Waals surface area contributed by atoms with Crippen molar-refractivity contribution in [2.45, 2.75) is 6.54 Å². The van der Waals surface area contributed by atoms with E-state index < -0.39 is 11.6 Å². The summed E-state index contributed by atoms with van der Waals surface area (Å²) >= 11 is 0. The quantitative estimate of drug-likeness (QED) is 0.469. The maximum Gasteiger partial charge on any atom is 0.332 e. The van der Waals surface area contributed by atoms with Gasteiger partial charge >= 0.3 is 5.69 Å². The molecule has 0 aliphatic carbocycles. The summed E-state index contributed by atoms with van der Waals surface area (Å²) in [5.74, 6) is -0.0484. The minimum Gasteiger partial charge on any atom is -0.495 e. The van der Waals surface area contributed by atoms with Crippen LogP contribution in [0.2, 0.25) is 0 Å². The van der Waals surface area contributed by atoms with Gasteiger partial charge in [-0.2, -0.15) is 0 Å². The van der Waals surface area contributed by atoms with Gasteiger partial charge in [-0.05, 0) is 23.8 Å². The van der Waals surface area contributed by atoms with Crippen LogP contribution in [-0.2, 0) is 6.54 Å². The number of amides is 1. The molecule has 0 saturated carbocycles. The molecule has 0 radical (unpaired) electrons. The number of aromatic nitrogens is 4. The fourth-order valence-corrected chi connectivity index (χ4v) is 3.17. The number of hydrogen-bond donors (Lipinski definition) is 3. The van der Waals surface area contributed by atoms with Crippen molar-refractivity contribution in [1.82, 2.24) is 19.5 Å². The second kappa shape index (κ2) is 7.21. The second-order valence-electron chi connectivity index (χ2n) is 6.30. The highest BCUT2D eigenvalue weighted by Gasteiger charge is 2.21. The summed E-state index contributed by atoms with van der Waals surface area (Å²) in [6.07, 6.45) is 0. The Morgan fingerprint density at radius 3 is 2.69 bits per heavy atom. The van der Waals surface area contributed by atoms with Gasteiger partial charge in [0.25, 0.3) is 5.91 Å². The van der Waals surface area contributed by atoms with Crippen molar-refractivity contribution in [1.29, 1.82) is 0 Å². The lowest BCUT2D eigenvalue weighted by Gasteiger charge is -2.10. The van der Waals surface area contributed by atoms with Crippen LogP contribution in [0, 0.1) is 0 Å². The number of hydrogen-bond acceptors (Lipinski definition) is 6. The van der Waals surface area contributed by atoms with Crippen molar-refractivity contribution in [2.75, 3.05) is 7.11 Å². The third-order valence-corrected chi connectivity index (χ3v) is 4.52. The van der Waals surface area contributed by atoms with E-state index in [-0.39, 0.29) is 22.7 Å². The molecule has 4 aromatic rings. The van der Waals surface area contributed by atoms with Gasteiger partial charge in [0.2, 0.25) is 0 Å². The van der Waals surface area contributed by atoms with E-state index in [0.29, 0.717) is 23.5 Å². The largest absolute Gasteiger partial charge is 0.495 e. The van der Waals surface area contributed by atoms with E-state index in [1.807, 2.05) is 18.2 Å². The predicted molar refractivity (Wildman–Crippen MR) is 108 cm³/mol. The van der Waals surface area contributed by atoms with Crippen molar-refractivity contribution in [3.63, 3.8) is 0 Å². The SMILES string of the molecule is COc1ccccc1-n1c(=O)[nH]c2c(C(N)=O)nc(-c3cccc(CN)c3)nc21. The molecule has 2 aromatic heterocycles. The molecule has 9 nitrogen and oxygen atoms in total. The van der Waals surface area contributed by atoms with Gasteiger partial charge in [0.05, 0.1) is 12.8 Å². The Labute approximate surface area is 165 Å². The van der Waals surface area contributed by atoms with E-state index in [1.54, 1.807) is 30.3 Å². The molecule has 0 atom stereocenters. The van der Waals surface area contributed by atoms with Gasteiger partial charge in [0.15, 0.2) is 17.2 Å². The molecule has 29 heavy (non-hydrogen) atoms. The van der Waals surface area contributed by atoms with Crippen molar-refractivity contribution < 1.29 is 9.53 Å². The van der Waals surface area contributed by atoms with E-state index in [4.69, 9.17) is 16.2 Å². The zero-order chi connectivity index (χ0) is 20.5. The lowest BCUT2D eigenvalue weighted by atomic mass is 10.1. The highest BCUT2D eigenvalue weighted by Crippen LogP contribution is 2.26. The van der Waals surface area contributed by atoms with Crippen LogP contribution < -0.4 is 21.9 Å². The van der Waals surface area contributed by atoms with Crippen LogP contribution in [0.3, 0.4) is 0 Å². The summed E-state index contributed by atoms with van der Waals surface area (Å²) in [5, 5.41) is 0. The smallest absolute Gasteiger partial charge is 0.332 e. The van der Waals surface area contributed by atoms with E-state index in [1.165, 1.54) is 11.7 Å². The summed E-state index contributed by atoms with van der Waals surface area (Å²) in [6, 6.07) is 14.3. The number of benzene rings is 2. The van der Waals surface area contributed by atoms with E-state index in [9.17, 15) is 9.59 Å². The number of carbonyl (C=O) groups is 1. The van der Waals surface area contributed by atoms with Crippen molar-refractivity contribution >= 4 is 17.1 Å². The van der Waals surface area contributed by atoms with Gasteiger partial charge < -0.3 is 21.2 Å². The van der Waals surface area contributed by atoms with Gasteiger partial charge in [0.1, 0.15) is 11.3 Å². The van der Waals surface area contributed by atoms with Gasteiger partial charge in [-0.3, -0.25) is 4.79 Å². The first-order valence-corrected chi connectivity index (χ1v) is 8.79. The maximum atomic E-state index is 12.7. The molecule has 0 fully saturated rings. The standard InChI is InChI=1S/C20H18N6O3/c1-29-14-8-3-2-7-13(14)26-19-16(24-20(26)28)15(17(22)27)23-18(25-19)12-6-4-5-11(9-12)10-21/h2-9H,10,21H2,1H3,(H2,22,27)(H,24,28). The topological polar surface area (TPSA) is 142 Å². The zero-order valence-electron chi connectivity index (χ0n) is 15.5. The zero-order valence-corrected chi connectivity index (χ0v) is 15.5. The van der Waals surface area contributed by atoms with Gasteiger partial charge in [-0.25, -0.2) is 19.3 Å². The van der Waals surface area contributed by atoms with Gasteiger partial charge in [-0.15, -0.1) is 0 Å². The van der Waals surface area contributed by atoms with E-state index in [0.717, 1.165) is 5.56 Å². The third kappa shape index (κ3) is 3.13. The van der Waals surface area contributed by atoms with Crippen molar-refractivity contribution in [3.05, 3.63) is 70.3 Å². The number of nitrogens with two attached hydrogens (primary N) is 2. The number of rotatable bonds is 5. The number of ether oxygens (including phenoxy) is 1. The number of aromatic amines is 1. The summed E-state index contributed by atoms with van der Waals surface area (Å²) in [6.45, 7) is 0.342. The van der Waals surface area contributed by atoms with Gasteiger partial charge in [-0.1, -0.05) is 30.3 Å². The molecule has 0 unspecified atom stereocenters. The van der Waals surface area contributed by atoms with Crippen LogP contribution >= 0.6 is 0 Å². The molecule has 0 spiro atoms. The van der Waals surface area contributed by atoms with Crippen molar-refractivity contribution in [2.24, 2.45) is 11.5 Å². The lowest BCUT2D eigenvalue weighted by molar-refractivity contribution is 0.0997. The molecule has 0 aliphatic rings. The van der Waals surface area contributed by atoms with Crippen LogP contribution in [0.15, 0.2) is 53.3 Å². The monoisotopic (exact) mass is 390 g/mol. The number of para-hydroxylation sites is 2. The fraction of sp³-hybridized carbons (Fsp3) is 0.100. The lowest BCUT2D eigenvalue weighted by Crippen LogP contribution is -2.16. The first kappa shape index (κ1) is 18.4. The molecule has 2 heterocycles. The first-order chi connectivity index (χ1) is 14.0. The Balaban J connectivity index is 2.06. The molecule has 4 rings (SSSR count). The summed E-state index contributed by atoms with van der Waals surface area (Å²) < 4.78 is 6.71. The minimum atomic E-state index is -0.776. The average molecular weight is 390 g/mol. The third-order valence-electron chi connectivity index (χ3n) is 4.52. The number of fused-ring (bicyclic) bond motifs is 1. The summed E-state index contributed by atoms with van der Waals surface area (Å²) in [7, 11) is 1.51. The Morgan fingerprint density at radius 2 is 1.97 bits per heavy atom. The van der Waals surface area contributed by atoms with E-state index in [2.05, 4.69) is 15.0 Å². The Hall–Kier alpha value is -3.98. The predicted octanol–water partition coefficient (Wildman–Crippen LogP) is 1.34. The number of primary amides is 1. The van der Waals surface area contributed by atoms with Crippen LogP contribution in [0.5, 0.6) is 5.75 Å². The number of imidazole rings is 1. The van der Waals surface area contributed by atoms with Crippen LogP contribution in [0.4, 0.5) is 0 Å². The van der Waals surface area contributed by atoms with Crippen LogP contribution in [0.1, 0.15) is 16.1 Å². The highest BCUT2D eigenvalue weighted by atomic mass is 16.5. The molecule has 9 heteroatoms. The second-order valence-corrected chi connectivity index (χ2v) is 6.30. The Kier molecular flexibility index (Phi) is 4.57. The van der Waals surface area contributed by atoms with Crippen molar-refractivity contribution in [3.8, 4) is 22.8 Å². The summed E-state index contributed by atoms with van der Waals surface area (Å²) in [4.78, 5) is 36.3. The van der Waals surface area contributed by atoms with Crippen LogP contribution in [-0.4, -0.2) is 32.5 Å². The molecule has 0 saturated heterocycles. The van der Waals surface area contributed by atoms with Gasteiger partial charge in [0, 0.05) is 12.1 Å². The molecular formula is C20H18N6O3. The molecule has 146 valence electrons. The Morgan fingerprint density at radius 1 is 1.17 bits per heavy atom. The first-order valence-electron chi connectivity index (χ1n) is 8.79.